The van der Waals surface area contributed by atoms with Gasteiger partial charge in [-0.3, -0.25) is 9.59 Å². The van der Waals surface area contributed by atoms with Gasteiger partial charge in [-0.15, -0.1) is 0 Å². The van der Waals surface area contributed by atoms with E-state index in [9.17, 15) is 9.59 Å². The summed E-state index contributed by atoms with van der Waals surface area (Å²) in [5, 5.41) is 9.36. The van der Waals surface area contributed by atoms with Gasteiger partial charge in [0.25, 0.3) is 5.91 Å². The largest absolute Gasteiger partial charge is 0.382 e. The summed E-state index contributed by atoms with van der Waals surface area (Å²) in [6, 6.07) is 8.98. The number of oxime groups is 1. The molecule has 0 aliphatic carbocycles. The van der Waals surface area contributed by atoms with E-state index in [1.165, 1.54) is 0 Å². The zero-order chi connectivity index (χ0) is 15.9. The highest BCUT2D eigenvalue weighted by atomic mass is 16.6. The molecule has 1 aromatic rings. The highest BCUT2D eigenvalue weighted by Crippen LogP contribution is 2.16. The Kier molecular flexibility index (Phi) is 5.52. The van der Waals surface area contributed by atoms with Crippen molar-refractivity contribution in [2.45, 2.75) is 38.8 Å². The van der Waals surface area contributed by atoms with Crippen LogP contribution in [0.5, 0.6) is 0 Å². The van der Waals surface area contributed by atoms with Gasteiger partial charge in [-0.05, 0) is 18.9 Å². The Hall–Kier alpha value is -2.37. The Labute approximate surface area is 129 Å². The van der Waals surface area contributed by atoms with Crippen LogP contribution >= 0.6 is 0 Å². The summed E-state index contributed by atoms with van der Waals surface area (Å²) in [7, 11) is 0. The predicted molar refractivity (Wildman–Crippen MR) is 83.4 cm³/mol. The molecule has 2 N–H and O–H groups in total. The summed E-state index contributed by atoms with van der Waals surface area (Å²) in [4.78, 5) is 29.1. The van der Waals surface area contributed by atoms with E-state index in [4.69, 9.17) is 4.84 Å². The smallest absolute Gasteiger partial charge is 0.264 e. The van der Waals surface area contributed by atoms with E-state index >= 15 is 0 Å². The van der Waals surface area contributed by atoms with Crippen LogP contribution in [0.25, 0.3) is 0 Å². The maximum absolute atomic E-state index is 12.1. The SMILES string of the molecule is CCCNC(=O)[C@H](C)NC(=O)[C@@H]1CC(c2ccccc2)=NO1. The number of carbonyl (C=O) groups is 2. The first kappa shape index (κ1) is 16.0. The molecule has 0 saturated carbocycles. The van der Waals surface area contributed by atoms with Gasteiger partial charge < -0.3 is 15.5 Å². The predicted octanol–water partition coefficient (Wildman–Crippen LogP) is 1.21. The van der Waals surface area contributed by atoms with Gasteiger partial charge in [0.05, 0.1) is 5.71 Å². The third-order valence-electron chi connectivity index (χ3n) is 3.37. The summed E-state index contributed by atoms with van der Waals surface area (Å²) in [5.74, 6) is -0.522. The van der Waals surface area contributed by atoms with Gasteiger partial charge in [-0.2, -0.15) is 0 Å². The second-order valence-corrected chi connectivity index (χ2v) is 5.22. The Morgan fingerprint density at radius 1 is 1.36 bits per heavy atom. The second-order valence-electron chi connectivity index (χ2n) is 5.22. The molecule has 118 valence electrons. The molecule has 0 spiro atoms. The van der Waals surface area contributed by atoms with E-state index in [1.807, 2.05) is 37.3 Å². The summed E-state index contributed by atoms with van der Waals surface area (Å²) >= 11 is 0. The number of benzene rings is 1. The van der Waals surface area contributed by atoms with Gasteiger partial charge in [-0.1, -0.05) is 42.4 Å². The Morgan fingerprint density at radius 3 is 2.77 bits per heavy atom. The summed E-state index contributed by atoms with van der Waals surface area (Å²) in [5.41, 5.74) is 1.68. The standard InChI is InChI=1S/C16H21N3O3/c1-3-9-17-15(20)11(2)18-16(21)14-10-13(19-22-14)12-7-5-4-6-8-12/h4-8,11,14H,3,9-10H2,1-2H3,(H,17,20)(H,18,21)/t11-,14-/m0/s1. The summed E-state index contributed by atoms with van der Waals surface area (Å²) < 4.78 is 0. The quantitative estimate of drug-likeness (QED) is 0.829. The first-order valence-electron chi connectivity index (χ1n) is 7.48. The Balaban J connectivity index is 1.84. The van der Waals surface area contributed by atoms with Gasteiger partial charge in [0.15, 0.2) is 0 Å². The van der Waals surface area contributed by atoms with Gasteiger partial charge in [-0.25, -0.2) is 0 Å². The first-order valence-corrected chi connectivity index (χ1v) is 7.48. The molecular formula is C16H21N3O3. The Morgan fingerprint density at radius 2 is 2.09 bits per heavy atom. The van der Waals surface area contributed by atoms with Gasteiger partial charge in [0, 0.05) is 13.0 Å². The van der Waals surface area contributed by atoms with Gasteiger partial charge in [0.2, 0.25) is 12.0 Å². The lowest BCUT2D eigenvalue weighted by atomic mass is 10.0. The minimum atomic E-state index is -0.684. The van der Waals surface area contributed by atoms with Gasteiger partial charge >= 0.3 is 0 Å². The summed E-state index contributed by atoms with van der Waals surface area (Å²) in [6.45, 7) is 4.22. The number of hydrogen-bond acceptors (Lipinski definition) is 4. The molecule has 6 heteroatoms. The van der Waals surface area contributed by atoms with Crippen molar-refractivity contribution in [2.24, 2.45) is 5.16 Å². The van der Waals surface area contributed by atoms with Crippen LogP contribution in [0.15, 0.2) is 35.5 Å². The molecule has 0 fully saturated rings. The molecule has 22 heavy (non-hydrogen) atoms. The van der Waals surface area contributed by atoms with Crippen LogP contribution in [0.4, 0.5) is 0 Å². The monoisotopic (exact) mass is 303 g/mol. The van der Waals surface area contributed by atoms with E-state index in [0.717, 1.165) is 17.7 Å². The molecule has 2 rings (SSSR count). The number of rotatable bonds is 6. The third kappa shape index (κ3) is 4.07. The maximum atomic E-state index is 12.1. The van der Waals surface area contributed by atoms with Crippen LogP contribution in [0.2, 0.25) is 0 Å². The fourth-order valence-electron chi connectivity index (χ4n) is 2.09. The fraction of sp³-hybridized carbons (Fsp3) is 0.438. The number of carbonyl (C=O) groups excluding carboxylic acids is 2. The number of hydrogen-bond donors (Lipinski definition) is 2. The molecule has 2 amide bonds. The van der Waals surface area contributed by atoms with Gasteiger partial charge in [0.1, 0.15) is 6.04 Å². The summed E-state index contributed by atoms with van der Waals surface area (Å²) in [6.07, 6.45) is 0.572. The Bertz CT molecular complexity index is 557. The van der Waals surface area contributed by atoms with E-state index in [-0.39, 0.29) is 11.8 Å². The van der Waals surface area contributed by atoms with Crippen LogP contribution in [0, 0.1) is 0 Å². The van der Waals surface area contributed by atoms with Crippen molar-refractivity contribution >= 4 is 17.5 Å². The average molecular weight is 303 g/mol. The topological polar surface area (TPSA) is 79.8 Å². The molecule has 0 aromatic heterocycles. The zero-order valence-corrected chi connectivity index (χ0v) is 12.8. The van der Waals surface area contributed by atoms with Crippen molar-refractivity contribution in [2.75, 3.05) is 6.54 Å². The molecule has 1 aromatic carbocycles. The van der Waals surface area contributed by atoms with E-state index in [2.05, 4.69) is 15.8 Å². The number of nitrogens with zero attached hydrogens (tertiary/aromatic N) is 1. The number of nitrogens with one attached hydrogen (secondary N) is 2. The minimum absolute atomic E-state index is 0.197. The van der Waals surface area contributed by atoms with Crippen LogP contribution in [-0.4, -0.2) is 36.2 Å². The molecule has 2 atom stereocenters. The molecule has 0 saturated heterocycles. The van der Waals surface area contributed by atoms with Crippen molar-refractivity contribution in [3.05, 3.63) is 35.9 Å². The second kappa shape index (κ2) is 7.59. The molecular weight excluding hydrogens is 282 g/mol. The van der Waals surface area contributed by atoms with Crippen LogP contribution < -0.4 is 10.6 Å². The molecule has 1 aliphatic heterocycles. The van der Waals surface area contributed by atoms with E-state index < -0.39 is 12.1 Å². The van der Waals surface area contributed by atoms with E-state index in [1.54, 1.807) is 6.92 Å². The highest BCUT2D eigenvalue weighted by molar-refractivity contribution is 6.04. The molecule has 0 radical (unpaired) electrons. The van der Waals surface area contributed by atoms with Crippen LogP contribution in [0.3, 0.4) is 0 Å². The maximum Gasteiger partial charge on any atom is 0.264 e. The minimum Gasteiger partial charge on any atom is -0.382 e. The lowest BCUT2D eigenvalue weighted by Crippen LogP contribution is -2.48. The van der Waals surface area contributed by atoms with Crippen LogP contribution in [0.1, 0.15) is 32.3 Å². The van der Waals surface area contributed by atoms with Crippen molar-refractivity contribution in [3.63, 3.8) is 0 Å². The lowest BCUT2D eigenvalue weighted by Gasteiger charge is -2.15. The zero-order valence-electron chi connectivity index (χ0n) is 12.8. The normalized spacial score (nSPS) is 18.1. The molecule has 1 aliphatic rings. The molecule has 1 heterocycles. The molecule has 0 unspecified atom stereocenters. The third-order valence-corrected chi connectivity index (χ3v) is 3.37. The highest BCUT2D eigenvalue weighted by Gasteiger charge is 2.30. The van der Waals surface area contributed by atoms with Crippen LogP contribution in [-0.2, 0) is 14.4 Å². The first-order chi connectivity index (χ1) is 10.6. The molecule has 6 nitrogen and oxygen atoms in total. The fourth-order valence-corrected chi connectivity index (χ4v) is 2.09. The van der Waals surface area contributed by atoms with Crippen molar-refractivity contribution in [3.8, 4) is 0 Å². The average Bonchev–Trinajstić information content (AvgIpc) is 3.03. The lowest BCUT2D eigenvalue weighted by molar-refractivity contribution is -0.135. The number of amides is 2. The van der Waals surface area contributed by atoms with E-state index in [0.29, 0.717) is 13.0 Å². The molecule has 0 bridgehead atoms. The van der Waals surface area contributed by atoms with Crippen molar-refractivity contribution in [1.82, 2.24) is 10.6 Å². The van der Waals surface area contributed by atoms with Crippen molar-refractivity contribution in [1.29, 1.82) is 0 Å². The van der Waals surface area contributed by atoms with Crippen molar-refractivity contribution < 1.29 is 14.4 Å².